The molecule has 7 rings (SSSR count). The van der Waals surface area contributed by atoms with Gasteiger partial charge >= 0.3 is 17.2 Å². The third kappa shape index (κ3) is 18.5. The van der Waals surface area contributed by atoms with Gasteiger partial charge in [-0.1, -0.05) is 316 Å². The maximum absolute atomic E-state index is 11.9. The minimum absolute atomic E-state index is 0.0592. The summed E-state index contributed by atoms with van der Waals surface area (Å²) in [5, 5.41) is 23.1. The van der Waals surface area contributed by atoms with E-state index >= 15 is 0 Å². The summed E-state index contributed by atoms with van der Waals surface area (Å²) in [6, 6.07) is 8.07. The number of fused-ring (bicyclic) bond motifs is 2. The van der Waals surface area contributed by atoms with Gasteiger partial charge in [0, 0.05) is 6.42 Å². The van der Waals surface area contributed by atoms with Crippen LogP contribution in [0.15, 0.2) is 24.3 Å². The fraction of sp³-hybridized carbons (Fsp3) is 0.821. The van der Waals surface area contributed by atoms with Crippen LogP contribution in [0.3, 0.4) is 0 Å². The summed E-state index contributed by atoms with van der Waals surface area (Å²) in [6.45, 7) is 9.21. The fourth-order valence-electron chi connectivity index (χ4n) is 14.0. The molecule has 2 aromatic carbocycles. The van der Waals surface area contributed by atoms with Crippen molar-refractivity contribution >= 4 is 17.2 Å². The topological polar surface area (TPSA) is 95.8 Å². The summed E-state index contributed by atoms with van der Waals surface area (Å²) in [6.07, 6.45) is 60.4. The highest BCUT2D eigenvalue weighted by Gasteiger charge is 2.76. The molecule has 2 N–H and O–H groups in total. The second-order valence-corrected chi connectivity index (χ2v) is 26.5. The molecule has 2 unspecified atom stereocenters. The molecule has 1 saturated heterocycles. The Morgan fingerprint density at radius 1 is 0.351 bits per heavy atom. The van der Waals surface area contributed by atoms with E-state index < -0.39 is 28.4 Å². The number of phenols is 2. The van der Waals surface area contributed by atoms with E-state index in [4.69, 9.17) is 27.1 Å². The van der Waals surface area contributed by atoms with Gasteiger partial charge in [-0.25, -0.2) is 0 Å². The van der Waals surface area contributed by atoms with E-state index in [1.54, 1.807) is 0 Å². The van der Waals surface area contributed by atoms with Crippen molar-refractivity contribution in [2.24, 2.45) is 5.41 Å². The number of aromatic hydroxyl groups is 2. The number of hydrogen-bond acceptors (Lipinski definition) is 8. The zero-order valence-corrected chi connectivity index (χ0v) is 51.8. The average Bonchev–Trinajstić information content (AvgIpc) is 3.62. The highest BCUT2D eigenvalue weighted by atomic mass is 31.2. The normalized spacial score (nSPS) is 19.8. The molecule has 5 aliphatic heterocycles. The molecule has 1 fully saturated rings. The van der Waals surface area contributed by atoms with Crippen LogP contribution in [0, 0.1) is 5.41 Å². The van der Waals surface area contributed by atoms with Crippen LogP contribution in [0.2, 0.25) is 0 Å². The van der Waals surface area contributed by atoms with Crippen LogP contribution in [0.1, 0.15) is 347 Å². The zero-order chi connectivity index (χ0) is 54.3. The van der Waals surface area contributed by atoms with Gasteiger partial charge in [0.2, 0.25) is 23.0 Å². The highest BCUT2D eigenvalue weighted by Crippen LogP contribution is 2.82. The predicted octanol–water partition coefficient (Wildman–Crippen LogP) is 23.9. The molecule has 5 bridgehead atoms. The number of hydrogen-bond donors (Lipinski definition) is 2. The first-order valence-electron chi connectivity index (χ1n) is 33.3. The molecule has 10 heteroatoms. The van der Waals surface area contributed by atoms with Crippen LogP contribution in [-0.4, -0.2) is 16.0 Å². The van der Waals surface area contributed by atoms with Gasteiger partial charge in [0.1, 0.15) is 5.75 Å². The number of phenolic OH excluding ortho intramolecular Hbond substituents is 2. The lowest BCUT2D eigenvalue weighted by Crippen LogP contribution is -2.66. The minimum atomic E-state index is -1.78. The van der Waals surface area contributed by atoms with Crippen molar-refractivity contribution < 1.29 is 37.4 Å². The molecule has 2 atom stereocenters. The van der Waals surface area contributed by atoms with Crippen molar-refractivity contribution in [1.29, 1.82) is 0 Å². The van der Waals surface area contributed by atoms with E-state index in [0.717, 1.165) is 62.5 Å². The van der Waals surface area contributed by atoms with Gasteiger partial charge in [-0.3, -0.25) is 9.05 Å². The van der Waals surface area contributed by atoms with Crippen molar-refractivity contribution in [3.63, 3.8) is 0 Å². The van der Waals surface area contributed by atoms with Crippen LogP contribution in [0.4, 0.5) is 0 Å². The molecular formula is C67H114O8P2. The molecule has 77 heavy (non-hydrogen) atoms. The Bertz CT molecular complexity index is 1800. The molecule has 2 aromatic rings. The first-order chi connectivity index (χ1) is 37.9. The van der Waals surface area contributed by atoms with Gasteiger partial charge in [-0.05, 0) is 48.8 Å². The van der Waals surface area contributed by atoms with Crippen molar-refractivity contribution in [3.05, 3.63) is 35.4 Å². The molecule has 0 radical (unpaired) electrons. The largest absolute Gasteiger partial charge is 0.530 e. The summed E-state index contributed by atoms with van der Waals surface area (Å²) in [7, 11) is -3.57. The zero-order valence-electron chi connectivity index (χ0n) is 50.0. The van der Waals surface area contributed by atoms with E-state index in [2.05, 4.69) is 39.8 Å². The van der Waals surface area contributed by atoms with Crippen LogP contribution in [0.5, 0.6) is 34.5 Å². The molecule has 8 nitrogen and oxygen atoms in total. The van der Waals surface area contributed by atoms with E-state index in [0.29, 0.717) is 29.4 Å². The van der Waals surface area contributed by atoms with E-state index in [9.17, 15) is 10.2 Å². The van der Waals surface area contributed by atoms with E-state index in [1.807, 2.05) is 12.1 Å². The Kier molecular flexibility index (Phi) is 30.4. The molecule has 0 aromatic heterocycles. The minimum Gasteiger partial charge on any atom is -0.508 e. The summed E-state index contributed by atoms with van der Waals surface area (Å²) >= 11 is 0. The summed E-state index contributed by atoms with van der Waals surface area (Å²) < 4.78 is 41.6. The van der Waals surface area contributed by atoms with Gasteiger partial charge in [-0.15, -0.1) is 0 Å². The SMILES string of the molecule is CCCCCCCCCCCCCC(CCCCCCCCCCCCC)(CCCCCCCCCCCCC)C1(c2ccc(O)cc2)c2c3c4c(O)c(c2OP2OC1(CCCCCCCCCCCCC)O2)OP(O4)O3. The summed E-state index contributed by atoms with van der Waals surface area (Å²) in [5.74, 6) is 0.821. The molecule has 0 spiro atoms. The highest BCUT2D eigenvalue weighted by molar-refractivity contribution is 7.44. The van der Waals surface area contributed by atoms with Crippen LogP contribution >= 0.6 is 17.2 Å². The van der Waals surface area contributed by atoms with Crippen molar-refractivity contribution in [3.8, 4) is 34.5 Å². The summed E-state index contributed by atoms with van der Waals surface area (Å²) in [5.41, 5.74) is 0.633. The monoisotopic (exact) mass is 1110 g/mol. The molecule has 5 aliphatic rings. The quantitative estimate of drug-likeness (QED) is 0.0500. The lowest BCUT2D eigenvalue weighted by Gasteiger charge is -2.62. The second kappa shape index (κ2) is 36.5. The van der Waals surface area contributed by atoms with Gasteiger partial charge in [-0.2, -0.15) is 0 Å². The van der Waals surface area contributed by atoms with Gasteiger partial charge < -0.3 is 28.3 Å². The molecule has 0 aliphatic carbocycles. The standard InChI is InChI=1S/C67H114O8P2/c1-5-9-13-17-21-25-29-33-37-41-45-53-65(54-46-42-38-34-30-26-22-18-14-10-6-2,55-47-43-39-35-31-27-23-19-15-11-7-3)67(57-49-51-58(68)52-50-57)59-61-63-60(69)64(73-76(70-61)72-63)62(59)71-77-74-66(67,75-77)56-48-44-40-36-32-28-24-20-16-12-8-4/h49-52,68-69H,5-48,53-56H2,1-4H3. The second-order valence-electron chi connectivity index (χ2n) is 24.5. The molecule has 0 amide bonds. The molecule has 440 valence electrons. The van der Waals surface area contributed by atoms with Crippen LogP contribution in [-0.2, 0) is 14.5 Å². The van der Waals surface area contributed by atoms with Gasteiger partial charge in [0.25, 0.3) is 0 Å². The summed E-state index contributed by atoms with van der Waals surface area (Å²) in [4.78, 5) is 0. The van der Waals surface area contributed by atoms with Crippen LogP contribution in [0.25, 0.3) is 0 Å². The number of unbranched alkanes of at least 4 members (excludes halogenated alkanes) is 40. The smallest absolute Gasteiger partial charge is 0.508 e. The molecular weight excluding hydrogens is 995 g/mol. The third-order valence-corrected chi connectivity index (χ3v) is 20.5. The first kappa shape index (κ1) is 64.2. The Morgan fingerprint density at radius 2 is 0.636 bits per heavy atom. The van der Waals surface area contributed by atoms with Gasteiger partial charge in [0.05, 0.1) is 11.0 Å². The van der Waals surface area contributed by atoms with E-state index in [1.165, 1.54) is 250 Å². The maximum Gasteiger partial charge on any atom is 0.530 e. The van der Waals surface area contributed by atoms with Crippen molar-refractivity contribution in [1.82, 2.24) is 0 Å². The predicted molar refractivity (Wildman–Crippen MR) is 325 cm³/mol. The van der Waals surface area contributed by atoms with Crippen LogP contribution < -0.4 is 18.1 Å². The lowest BCUT2D eigenvalue weighted by atomic mass is 9.47. The van der Waals surface area contributed by atoms with Crippen molar-refractivity contribution in [2.45, 2.75) is 347 Å². The Hall–Kier alpha value is -1.98. The van der Waals surface area contributed by atoms with E-state index in [-0.39, 0.29) is 16.9 Å². The average molecular weight is 1110 g/mol. The Morgan fingerprint density at radius 3 is 0.974 bits per heavy atom. The number of rotatable bonds is 50. The fourth-order valence-corrected chi connectivity index (χ4v) is 16.4. The van der Waals surface area contributed by atoms with Gasteiger partial charge in [0.15, 0.2) is 11.5 Å². The molecule has 5 heterocycles. The maximum atomic E-state index is 11.9. The van der Waals surface area contributed by atoms with Crippen molar-refractivity contribution in [2.75, 3.05) is 0 Å². The lowest BCUT2D eigenvalue weighted by molar-refractivity contribution is -0.262. The Labute approximate surface area is 474 Å². The third-order valence-electron chi connectivity index (χ3n) is 18.3. The number of benzene rings is 2. The molecule has 0 saturated carbocycles. The Balaban J connectivity index is 1.36. The first-order valence-corrected chi connectivity index (χ1v) is 35.5.